The fourth-order valence-electron chi connectivity index (χ4n) is 2.37. The lowest BCUT2D eigenvalue weighted by atomic mass is 9.93. The molecule has 1 heterocycles. The quantitative estimate of drug-likeness (QED) is 0.647. The zero-order valence-electron chi connectivity index (χ0n) is 16.4. The number of nitrogens with one attached hydrogen (secondary N) is 1. The molecule has 0 fully saturated rings. The fraction of sp³-hybridized carbons (Fsp3) is 0.737. The Balaban J connectivity index is 2.24. The molecular weight excluding hydrogens is 320 g/mol. The number of rotatable bonds is 9. The number of nitrogens with zero attached hydrogens (tertiary/aromatic N) is 1. The Bertz CT molecular complexity index is 544. The Morgan fingerprint density at radius 2 is 1.80 bits per heavy atom. The molecule has 0 spiro atoms. The van der Waals surface area contributed by atoms with Crippen LogP contribution in [0.1, 0.15) is 60.8 Å². The van der Waals surface area contributed by atoms with Crippen LogP contribution in [-0.2, 0) is 19.1 Å². The highest BCUT2D eigenvalue weighted by atomic mass is 16.5. The SMILES string of the molecule is CC1=CC(=O)N(CCNC(=O)CCC(C)(C)OCCC(C)(C)C)C1=O. The lowest BCUT2D eigenvalue weighted by Crippen LogP contribution is -2.39. The van der Waals surface area contributed by atoms with Crippen molar-refractivity contribution in [3.63, 3.8) is 0 Å². The fourth-order valence-corrected chi connectivity index (χ4v) is 2.37. The maximum Gasteiger partial charge on any atom is 0.256 e. The second-order valence-electron chi connectivity index (χ2n) is 8.39. The van der Waals surface area contributed by atoms with Crippen LogP contribution in [0.4, 0.5) is 0 Å². The largest absolute Gasteiger partial charge is 0.376 e. The van der Waals surface area contributed by atoms with Crippen molar-refractivity contribution >= 4 is 17.7 Å². The molecule has 0 radical (unpaired) electrons. The maximum atomic E-state index is 12.0. The number of imide groups is 1. The summed E-state index contributed by atoms with van der Waals surface area (Å²) in [6.45, 7) is 13.2. The summed E-state index contributed by atoms with van der Waals surface area (Å²) < 4.78 is 5.90. The van der Waals surface area contributed by atoms with Crippen LogP contribution in [0.25, 0.3) is 0 Å². The zero-order valence-corrected chi connectivity index (χ0v) is 16.4. The van der Waals surface area contributed by atoms with Gasteiger partial charge in [0.15, 0.2) is 0 Å². The van der Waals surface area contributed by atoms with Crippen molar-refractivity contribution in [2.75, 3.05) is 19.7 Å². The van der Waals surface area contributed by atoms with E-state index in [1.54, 1.807) is 6.92 Å². The van der Waals surface area contributed by atoms with Crippen molar-refractivity contribution in [2.45, 2.75) is 66.4 Å². The van der Waals surface area contributed by atoms with E-state index in [4.69, 9.17) is 4.74 Å². The smallest absolute Gasteiger partial charge is 0.256 e. The second kappa shape index (κ2) is 8.61. The molecule has 0 aromatic rings. The van der Waals surface area contributed by atoms with E-state index in [1.165, 1.54) is 6.08 Å². The Morgan fingerprint density at radius 1 is 1.16 bits per heavy atom. The molecule has 6 heteroatoms. The third-order valence-corrected chi connectivity index (χ3v) is 4.15. The third kappa shape index (κ3) is 7.82. The van der Waals surface area contributed by atoms with Crippen molar-refractivity contribution in [1.82, 2.24) is 10.2 Å². The zero-order chi connectivity index (χ0) is 19.3. The highest BCUT2D eigenvalue weighted by Crippen LogP contribution is 2.22. The molecule has 0 aliphatic carbocycles. The van der Waals surface area contributed by atoms with Crippen molar-refractivity contribution < 1.29 is 19.1 Å². The van der Waals surface area contributed by atoms with E-state index in [0.717, 1.165) is 11.3 Å². The molecule has 1 rings (SSSR count). The molecule has 3 amide bonds. The van der Waals surface area contributed by atoms with Gasteiger partial charge < -0.3 is 10.1 Å². The van der Waals surface area contributed by atoms with Gasteiger partial charge in [0.2, 0.25) is 5.91 Å². The first-order chi connectivity index (χ1) is 11.4. The first-order valence-electron chi connectivity index (χ1n) is 8.86. The molecule has 142 valence electrons. The van der Waals surface area contributed by atoms with E-state index in [9.17, 15) is 14.4 Å². The van der Waals surface area contributed by atoms with Crippen LogP contribution >= 0.6 is 0 Å². The molecule has 0 saturated carbocycles. The monoisotopic (exact) mass is 352 g/mol. The number of carbonyl (C=O) groups excluding carboxylic acids is 3. The van der Waals surface area contributed by atoms with E-state index < -0.39 is 0 Å². The number of carbonyl (C=O) groups is 3. The molecule has 1 aliphatic rings. The average molecular weight is 352 g/mol. The molecule has 0 unspecified atom stereocenters. The van der Waals surface area contributed by atoms with Crippen molar-refractivity contribution in [1.29, 1.82) is 0 Å². The van der Waals surface area contributed by atoms with Crippen LogP contribution in [0.2, 0.25) is 0 Å². The standard InChI is InChI=1S/C19H32N2O4/c1-14-13-16(23)21(17(14)24)11-10-20-15(22)7-8-19(5,6)25-12-9-18(2,3)4/h13H,7-12H2,1-6H3,(H,20,22). The molecule has 6 nitrogen and oxygen atoms in total. The molecule has 0 atom stereocenters. The predicted molar refractivity (Wildman–Crippen MR) is 96.8 cm³/mol. The van der Waals surface area contributed by atoms with Gasteiger partial charge in [0.1, 0.15) is 0 Å². The lowest BCUT2D eigenvalue weighted by Gasteiger charge is -2.27. The van der Waals surface area contributed by atoms with Gasteiger partial charge in [0, 0.05) is 37.8 Å². The lowest BCUT2D eigenvalue weighted by molar-refractivity contribution is -0.137. The van der Waals surface area contributed by atoms with Crippen molar-refractivity contribution in [3.05, 3.63) is 11.6 Å². The topological polar surface area (TPSA) is 75.7 Å². The molecule has 1 aliphatic heterocycles. The Morgan fingerprint density at radius 3 is 2.32 bits per heavy atom. The van der Waals surface area contributed by atoms with E-state index >= 15 is 0 Å². The van der Waals surface area contributed by atoms with E-state index in [2.05, 4.69) is 26.1 Å². The van der Waals surface area contributed by atoms with E-state index in [0.29, 0.717) is 25.0 Å². The minimum atomic E-state index is -0.357. The summed E-state index contributed by atoms with van der Waals surface area (Å²) in [5.41, 5.74) is 0.306. The van der Waals surface area contributed by atoms with Crippen LogP contribution in [0.15, 0.2) is 11.6 Å². The van der Waals surface area contributed by atoms with Gasteiger partial charge in [-0.3, -0.25) is 19.3 Å². The van der Waals surface area contributed by atoms with Gasteiger partial charge in [0.05, 0.1) is 5.60 Å². The predicted octanol–water partition coefficient (Wildman–Crippen LogP) is 2.43. The van der Waals surface area contributed by atoms with Crippen molar-refractivity contribution in [3.8, 4) is 0 Å². The van der Waals surface area contributed by atoms with Gasteiger partial charge in [-0.25, -0.2) is 0 Å². The summed E-state index contributed by atoms with van der Waals surface area (Å²) in [7, 11) is 0. The van der Waals surface area contributed by atoms with Crippen LogP contribution in [0.3, 0.4) is 0 Å². The molecule has 0 saturated heterocycles. The normalized spacial score (nSPS) is 15.6. The molecule has 0 aromatic heterocycles. The van der Waals surface area contributed by atoms with Crippen molar-refractivity contribution in [2.24, 2.45) is 5.41 Å². The minimum Gasteiger partial charge on any atom is -0.376 e. The summed E-state index contributed by atoms with van der Waals surface area (Å²) in [5, 5.41) is 2.75. The van der Waals surface area contributed by atoms with Gasteiger partial charge in [0.25, 0.3) is 11.8 Å². The van der Waals surface area contributed by atoms with Crippen LogP contribution in [0.5, 0.6) is 0 Å². The van der Waals surface area contributed by atoms with Crippen LogP contribution in [0, 0.1) is 5.41 Å². The summed E-state index contributed by atoms with van der Waals surface area (Å²) >= 11 is 0. The maximum absolute atomic E-state index is 12.0. The number of hydrogen-bond donors (Lipinski definition) is 1. The summed E-state index contributed by atoms with van der Waals surface area (Å²) in [4.78, 5) is 36.4. The minimum absolute atomic E-state index is 0.101. The summed E-state index contributed by atoms with van der Waals surface area (Å²) in [6.07, 6.45) is 3.25. The molecule has 0 bridgehead atoms. The number of hydrogen-bond acceptors (Lipinski definition) is 4. The average Bonchev–Trinajstić information content (AvgIpc) is 2.70. The highest BCUT2D eigenvalue weighted by Gasteiger charge is 2.27. The number of amides is 3. The second-order valence-corrected chi connectivity index (χ2v) is 8.39. The molecular formula is C19H32N2O4. The van der Waals surface area contributed by atoms with Gasteiger partial charge in [-0.2, -0.15) is 0 Å². The Kier molecular flexibility index (Phi) is 7.35. The molecule has 1 N–H and O–H groups in total. The Labute approximate surface area is 151 Å². The van der Waals surface area contributed by atoms with Gasteiger partial charge >= 0.3 is 0 Å². The van der Waals surface area contributed by atoms with Gasteiger partial charge in [-0.1, -0.05) is 20.8 Å². The highest BCUT2D eigenvalue weighted by molar-refractivity contribution is 6.15. The summed E-state index contributed by atoms with van der Waals surface area (Å²) in [5.74, 6) is -0.700. The van der Waals surface area contributed by atoms with Gasteiger partial charge in [-0.05, 0) is 39.0 Å². The van der Waals surface area contributed by atoms with Gasteiger partial charge in [-0.15, -0.1) is 0 Å². The summed E-state index contributed by atoms with van der Waals surface area (Å²) in [6, 6.07) is 0. The van der Waals surface area contributed by atoms with Crippen LogP contribution in [-0.4, -0.2) is 47.9 Å². The Hall–Kier alpha value is -1.69. The van der Waals surface area contributed by atoms with Crippen LogP contribution < -0.4 is 5.32 Å². The van der Waals surface area contributed by atoms with E-state index in [-0.39, 0.29) is 41.8 Å². The molecule has 0 aromatic carbocycles. The first kappa shape index (κ1) is 21.4. The third-order valence-electron chi connectivity index (χ3n) is 4.15. The van der Waals surface area contributed by atoms with E-state index in [1.807, 2.05) is 13.8 Å². The number of ether oxygens (including phenoxy) is 1. The first-order valence-corrected chi connectivity index (χ1v) is 8.86. The molecule has 25 heavy (non-hydrogen) atoms.